The van der Waals surface area contributed by atoms with Crippen LogP contribution in [0.5, 0.6) is 0 Å². The Morgan fingerprint density at radius 1 is 1.28 bits per heavy atom. The molecular weight excluding hydrogens is 246 g/mol. The molecule has 0 spiro atoms. The SMILES string of the molecule is O/N=C1/C=C(c2cccs2)CC(c2ccco2)C1. The van der Waals surface area contributed by atoms with Gasteiger partial charge in [-0.3, -0.25) is 0 Å². The fraction of sp³-hybridized carbons (Fsp3) is 0.214. The van der Waals surface area contributed by atoms with E-state index >= 15 is 0 Å². The first-order valence-electron chi connectivity index (χ1n) is 5.85. The van der Waals surface area contributed by atoms with Crippen molar-refractivity contribution in [2.75, 3.05) is 0 Å². The second-order valence-electron chi connectivity index (χ2n) is 4.36. The predicted molar refractivity (Wildman–Crippen MR) is 72.2 cm³/mol. The number of rotatable bonds is 2. The summed E-state index contributed by atoms with van der Waals surface area (Å²) in [6.07, 6.45) is 5.31. The number of hydrogen-bond donors (Lipinski definition) is 1. The molecule has 0 bridgehead atoms. The van der Waals surface area contributed by atoms with Crippen LogP contribution >= 0.6 is 11.3 Å². The maximum Gasteiger partial charge on any atom is 0.107 e. The Kier molecular flexibility index (Phi) is 3.02. The molecule has 92 valence electrons. The molecule has 2 aromatic rings. The van der Waals surface area contributed by atoms with E-state index in [0.717, 1.165) is 18.6 Å². The standard InChI is InChI=1S/C14H13NO2S/c16-15-12-8-10(13-3-1-5-17-13)7-11(9-12)14-4-2-6-18-14/h1-6,9-10,16H,7-8H2/b15-12+. The summed E-state index contributed by atoms with van der Waals surface area (Å²) >= 11 is 1.71. The number of nitrogens with zero attached hydrogens (tertiary/aromatic N) is 1. The van der Waals surface area contributed by atoms with Gasteiger partial charge in [-0.1, -0.05) is 11.2 Å². The van der Waals surface area contributed by atoms with Crippen molar-refractivity contribution < 1.29 is 9.62 Å². The minimum Gasteiger partial charge on any atom is -0.469 e. The molecule has 0 saturated carbocycles. The predicted octanol–water partition coefficient (Wildman–Crippen LogP) is 4.13. The zero-order valence-corrected chi connectivity index (χ0v) is 10.6. The molecule has 3 rings (SSSR count). The van der Waals surface area contributed by atoms with Gasteiger partial charge < -0.3 is 9.62 Å². The van der Waals surface area contributed by atoms with E-state index in [2.05, 4.69) is 16.6 Å². The number of hydrogen-bond acceptors (Lipinski definition) is 4. The summed E-state index contributed by atoms with van der Waals surface area (Å²) in [5.41, 5.74) is 1.93. The molecule has 3 nitrogen and oxygen atoms in total. The van der Waals surface area contributed by atoms with Crippen molar-refractivity contribution in [3.8, 4) is 0 Å². The van der Waals surface area contributed by atoms with Crippen molar-refractivity contribution in [3.63, 3.8) is 0 Å². The maximum atomic E-state index is 9.04. The molecule has 0 fully saturated rings. The van der Waals surface area contributed by atoms with Crippen LogP contribution in [0.1, 0.15) is 29.4 Å². The van der Waals surface area contributed by atoms with Crippen molar-refractivity contribution >= 4 is 22.6 Å². The van der Waals surface area contributed by atoms with Gasteiger partial charge in [-0.05, 0) is 41.6 Å². The molecule has 0 saturated heterocycles. The zero-order valence-electron chi connectivity index (χ0n) is 9.74. The lowest BCUT2D eigenvalue weighted by atomic mass is 9.85. The molecule has 1 unspecified atom stereocenters. The van der Waals surface area contributed by atoms with E-state index in [-0.39, 0.29) is 5.92 Å². The molecule has 4 heteroatoms. The van der Waals surface area contributed by atoms with Crippen LogP contribution in [0.4, 0.5) is 0 Å². The fourth-order valence-electron chi connectivity index (χ4n) is 2.34. The average molecular weight is 259 g/mol. The molecule has 0 radical (unpaired) electrons. The molecule has 0 amide bonds. The first-order valence-corrected chi connectivity index (χ1v) is 6.73. The van der Waals surface area contributed by atoms with Crippen LogP contribution in [0.25, 0.3) is 5.57 Å². The molecule has 0 aliphatic heterocycles. The first-order chi connectivity index (χ1) is 8.86. The Bertz CT molecular complexity index is 567. The van der Waals surface area contributed by atoms with Crippen LogP contribution in [0, 0.1) is 0 Å². The molecule has 18 heavy (non-hydrogen) atoms. The molecule has 1 N–H and O–H groups in total. The highest BCUT2D eigenvalue weighted by Gasteiger charge is 2.24. The van der Waals surface area contributed by atoms with Gasteiger partial charge in [0.25, 0.3) is 0 Å². The second-order valence-corrected chi connectivity index (χ2v) is 5.31. The van der Waals surface area contributed by atoms with Crippen molar-refractivity contribution in [2.45, 2.75) is 18.8 Å². The summed E-state index contributed by atoms with van der Waals surface area (Å²) in [6.45, 7) is 0. The maximum absolute atomic E-state index is 9.04. The van der Waals surface area contributed by atoms with Crippen molar-refractivity contribution in [2.24, 2.45) is 5.16 Å². The Morgan fingerprint density at radius 2 is 2.22 bits per heavy atom. The van der Waals surface area contributed by atoms with E-state index < -0.39 is 0 Å². The Labute approximate surface area is 109 Å². The second kappa shape index (κ2) is 4.82. The van der Waals surface area contributed by atoms with Gasteiger partial charge in [-0.15, -0.1) is 11.3 Å². The highest BCUT2D eigenvalue weighted by Crippen LogP contribution is 2.37. The van der Waals surface area contributed by atoms with Gasteiger partial charge >= 0.3 is 0 Å². The quantitative estimate of drug-likeness (QED) is 0.651. The lowest BCUT2D eigenvalue weighted by Crippen LogP contribution is -2.11. The third kappa shape index (κ3) is 2.11. The van der Waals surface area contributed by atoms with Gasteiger partial charge in [0.15, 0.2) is 0 Å². The average Bonchev–Trinajstić information content (AvgIpc) is 3.10. The van der Waals surface area contributed by atoms with Crippen molar-refractivity contribution in [3.05, 3.63) is 52.6 Å². The Morgan fingerprint density at radius 3 is 2.89 bits per heavy atom. The number of furan rings is 1. The van der Waals surface area contributed by atoms with Crippen molar-refractivity contribution in [1.29, 1.82) is 0 Å². The largest absolute Gasteiger partial charge is 0.469 e. The summed E-state index contributed by atoms with van der Waals surface area (Å²) in [6, 6.07) is 8.01. The minimum atomic E-state index is 0.257. The van der Waals surface area contributed by atoms with E-state index in [1.165, 1.54) is 10.5 Å². The minimum absolute atomic E-state index is 0.257. The van der Waals surface area contributed by atoms with Crippen LogP contribution < -0.4 is 0 Å². The van der Waals surface area contributed by atoms with Crippen LogP contribution in [-0.4, -0.2) is 10.9 Å². The Balaban J connectivity index is 1.93. The van der Waals surface area contributed by atoms with Crippen molar-refractivity contribution in [1.82, 2.24) is 0 Å². The monoisotopic (exact) mass is 259 g/mol. The van der Waals surface area contributed by atoms with Gasteiger partial charge in [-0.25, -0.2) is 0 Å². The first kappa shape index (κ1) is 11.3. The van der Waals surface area contributed by atoms with E-state index in [1.54, 1.807) is 17.6 Å². The Hall–Kier alpha value is -1.81. The van der Waals surface area contributed by atoms with Gasteiger partial charge in [-0.2, -0.15) is 0 Å². The summed E-state index contributed by atoms with van der Waals surface area (Å²) in [4.78, 5) is 1.23. The summed E-state index contributed by atoms with van der Waals surface area (Å²) in [5.74, 6) is 1.21. The molecule has 2 heterocycles. The topological polar surface area (TPSA) is 45.7 Å². The van der Waals surface area contributed by atoms with Gasteiger partial charge in [0.1, 0.15) is 5.76 Å². The summed E-state index contributed by atoms with van der Waals surface area (Å²) < 4.78 is 5.47. The van der Waals surface area contributed by atoms with Gasteiger partial charge in [0, 0.05) is 17.2 Å². The number of allylic oxidation sites excluding steroid dienone is 2. The van der Waals surface area contributed by atoms with Gasteiger partial charge in [0.2, 0.25) is 0 Å². The third-order valence-electron chi connectivity index (χ3n) is 3.17. The molecule has 0 aromatic carbocycles. The number of oxime groups is 1. The molecular formula is C14H13NO2S. The molecule has 1 atom stereocenters. The van der Waals surface area contributed by atoms with Crippen LogP contribution in [0.3, 0.4) is 0 Å². The zero-order chi connectivity index (χ0) is 12.4. The normalized spacial score (nSPS) is 22.1. The van der Waals surface area contributed by atoms with E-state index in [9.17, 15) is 0 Å². The number of thiophene rings is 1. The molecule has 2 aromatic heterocycles. The third-order valence-corrected chi connectivity index (χ3v) is 4.12. The van der Waals surface area contributed by atoms with Crippen LogP contribution in [-0.2, 0) is 0 Å². The molecule has 1 aliphatic carbocycles. The highest BCUT2D eigenvalue weighted by molar-refractivity contribution is 7.11. The van der Waals surface area contributed by atoms with E-state index in [0.29, 0.717) is 5.71 Å². The smallest absolute Gasteiger partial charge is 0.107 e. The highest BCUT2D eigenvalue weighted by atomic mass is 32.1. The van der Waals surface area contributed by atoms with Crippen LogP contribution in [0.15, 0.2) is 51.6 Å². The lowest BCUT2D eigenvalue weighted by Gasteiger charge is -2.21. The van der Waals surface area contributed by atoms with E-state index in [1.807, 2.05) is 24.3 Å². The summed E-state index contributed by atoms with van der Waals surface area (Å²) in [7, 11) is 0. The molecule has 1 aliphatic rings. The summed E-state index contributed by atoms with van der Waals surface area (Å²) in [5, 5.41) is 14.5. The van der Waals surface area contributed by atoms with Gasteiger partial charge in [0.05, 0.1) is 12.0 Å². The fourth-order valence-corrected chi connectivity index (χ4v) is 3.09. The van der Waals surface area contributed by atoms with Crippen LogP contribution in [0.2, 0.25) is 0 Å². The van der Waals surface area contributed by atoms with E-state index in [4.69, 9.17) is 9.62 Å². The lowest BCUT2D eigenvalue weighted by molar-refractivity contribution is 0.317.